The van der Waals surface area contributed by atoms with Crippen LogP contribution in [-0.2, 0) is 0 Å². The van der Waals surface area contributed by atoms with Crippen LogP contribution < -0.4 is 5.32 Å². The van der Waals surface area contributed by atoms with Crippen molar-refractivity contribution in [2.24, 2.45) is 0 Å². The summed E-state index contributed by atoms with van der Waals surface area (Å²) < 4.78 is 5.22. The molecule has 2 heterocycles. The van der Waals surface area contributed by atoms with Crippen molar-refractivity contribution in [1.29, 1.82) is 0 Å². The minimum absolute atomic E-state index is 0.547. The fourth-order valence-electron chi connectivity index (χ4n) is 1.52. The lowest BCUT2D eigenvalue weighted by Gasteiger charge is -2.19. The Hall–Kier alpha value is -0.830. The van der Waals surface area contributed by atoms with E-state index in [1.54, 1.807) is 0 Å². The first-order chi connectivity index (χ1) is 5.47. The van der Waals surface area contributed by atoms with E-state index in [0.29, 0.717) is 5.92 Å². The van der Waals surface area contributed by atoms with Crippen molar-refractivity contribution in [2.45, 2.75) is 18.8 Å². The summed E-state index contributed by atoms with van der Waals surface area (Å²) in [5, 5.41) is 3.34. The molecule has 0 saturated carbocycles. The molecule has 1 atom stereocenters. The van der Waals surface area contributed by atoms with Crippen molar-refractivity contribution < 1.29 is 4.42 Å². The van der Waals surface area contributed by atoms with Gasteiger partial charge in [0.2, 0.25) is 0 Å². The SMILES string of the molecule is c1ncc([C@@H]2CCCNC2)o1. The van der Waals surface area contributed by atoms with E-state index in [4.69, 9.17) is 4.42 Å². The lowest BCUT2D eigenvalue weighted by Crippen LogP contribution is -2.28. The Morgan fingerprint density at radius 2 is 2.64 bits per heavy atom. The standard InChI is InChI=1S/C8H12N2O/c1-2-7(4-9-3-1)8-5-10-6-11-8/h5-7,9H,1-4H2/t7-/m1/s1. The minimum Gasteiger partial charge on any atom is -0.448 e. The second kappa shape index (κ2) is 3.05. The summed E-state index contributed by atoms with van der Waals surface area (Å²) in [4.78, 5) is 3.90. The number of oxazole rings is 1. The molecule has 11 heavy (non-hydrogen) atoms. The number of nitrogens with zero attached hydrogens (tertiary/aromatic N) is 1. The highest BCUT2D eigenvalue weighted by Gasteiger charge is 2.17. The molecule has 0 unspecified atom stereocenters. The van der Waals surface area contributed by atoms with Crippen LogP contribution in [0.15, 0.2) is 17.0 Å². The molecule has 1 aliphatic rings. The van der Waals surface area contributed by atoms with E-state index in [1.165, 1.54) is 19.2 Å². The van der Waals surface area contributed by atoms with Gasteiger partial charge in [0.1, 0.15) is 5.76 Å². The predicted molar refractivity (Wildman–Crippen MR) is 41.3 cm³/mol. The molecule has 0 spiro atoms. The average Bonchev–Trinajstić information content (AvgIpc) is 2.58. The molecule has 1 saturated heterocycles. The number of aromatic nitrogens is 1. The summed E-state index contributed by atoms with van der Waals surface area (Å²) in [6.07, 6.45) is 5.79. The van der Waals surface area contributed by atoms with Crippen LogP contribution in [0.3, 0.4) is 0 Å². The smallest absolute Gasteiger partial charge is 0.180 e. The highest BCUT2D eigenvalue weighted by atomic mass is 16.3. The summed E-state index contributed by atoms with van der Waals surface area (Å²) in [6.45, 7) is 2.18. The third-order valence-electron chi connectivity index (χ3n) is 2.15. The maximum absolute atomic E-state index is 5.22. The number of hydrogen-bond acceptors (Lipinski definition) is 3. The Kier molecular flexibility index (Phi) is 1.90. The Labute approximate surface area is 65.8 Å². The van der Waals surface area contributed by atoms with Gasteiger partial charge in [0, 0.05) is 12.5 Å². The van der Waals surface area contributed by atoms with Gasteiger partial charge in [-0.3, -0.25) is 0 Å². The molecule has 0 aromatic carbocycles. The summed E-state index contributed by atoms with van der Waals surface area (Å²) in [5.74, 6) is 1.57. The summed E-state index contributed by atoms with van der Waals surface area (Å²) >= 11 is 0. The third kappa shape index (κ3) is 1.43. The van der Waals surface area contributed by atoms with E-state index >= 15 is 0 Å². The molecule has 0 aliphatic carbocycles. The molecule has 1 aromatic rings. The second-order valence-electron chi connectivity index (χ2n) is 2.95. The number of rotatable bonds is 1. The molecule has 3 heteroatoms. The van der Waals surface area contributed by atoms with Crippen LogP contribution in [-0.4, -0.2) is 18.1 Å². The van der Waals surface area contributed by atoms with E-state index in [-0.39, 0.29) is 0 Å². The largest absolute Gasteiger partial charge is 0.448 e. The Balaban J connectivity index is 2.04. The van der Waals surface area contributed by atoms with Crippen molar-refractivity contribution >= 4 is 0 Å². The second-order valence-corrected chi connectivity index (χ2v) is 2.95. The number of nitrogens with one attached hydrogen (secondary N) is 1. The van der Waals surface area contributed by atoms with Crippen LogP contribution in [0, 0.1) is 0 Å². The van der Waals surface area contributed by atoms with E-state index in [1.807, 2.05) is 6.20 Å². The molecule has 1 aromatic heterocycles. The molecule has 1 N–H and O–H groups in total. The van der Waals surface area contributed by atoms with Crippen LogP contribution >= 0.6 is 0 Å². The van der Waals surface area contributed by atoms with Gasteiger partial charge >= 0.3 is 0 Å². The topological polar surface area (TPSA) is 38.1 Å². The third-order valence-corrected chi connectivity index (χ3v) is 2.15. The summed E-state index contributed by atoms with van der Waals surface area (Å²) in [7, 11) is 0. The van der Waals surface area contributed by atoms with Crippen molar-refractivity contribution in [2.75, 3.05) is 13.1 Å². The first-order valence-corrected chi connectivity index (χ1v) is 4.06. The molecular formula is C8H12N2O. The molecule has 0 bridgehead atoms. The molecule has 2 rings (SSSR count). The lowest BCUT2D eigenvalue weighted by atomic mass is 9.98. The highest BCUT2D eigenvalue weighted by molar-refractivity contribution is 5.00. The maximum atomic E-state index is 5.22. The zero-order chi connectivity index (χ0) is 7.52. The maximum Gasteiger partial charge on any atom is 0.180 e. The van der Waals surface area contributed by atoms with E-state index in [2.05, 4.69) is 10.3 Å². The van der Waals surface area contributed by atoms with Gasteiger partial charge in [-0.1, -0.05) is 0 Å². The predicted octanol–water partition coefficient (Wildman–Crippen LogP) is 1.14. The summed E-state index contributed by atoms with van der Waals surface area (Å²) in [5.41, 5.74) is 0. The van der Waals surface area contributed by atoms with E-state index < -0.39 is 0 Å². The fourth-order valence-corrected chi connectivity index (χ4v) is 1.52. The van der Waals surface area contributed by atoms with Gasteiger partial charge in [-0.25, -0.2) is 4.98 Å². The fraction of sp³-hybridized carbons (Fsp3) is 0.625. The van der Waals surface area contributed by atoms with Gasteiger partial charge in [0.15, 0.2) is 6.39 Å². The van der Waals surface area contributed by atoms with Gasteiger partial charge in [0.05, 0.1) is 6.20 Å². The molecule has 0 amide bonds. The van der Waals surface area contributed by atoms with Gasteiger partial charge in [-0.05, 0) is 19.4 Å². The minimum atomic E-state index is 0.547. The molecule has 3 nitrogen and oxygen atoms in total. The average molecular weight is 152 g/mol. The Morgan fingerprint density at radius 3 is 3.27 bits per heavy atom. The zero-order valence-electron chi connectivity index (χ0n) is 6.42. The zero-order valence-corrected chi connectivity index (χ0v) is 6.42. The van der Waals surface area contributed by atoms with Gasteiger partial charge in [-0.2, -0.15) is 0 Å². The number of hydrogen-bond donors (Lipinski definition) is 1. The van der Waals surface area contributed by atoms with Crippen LogP contribution in [0.1, 0.15) is 24.5 Å². The molecule has 1 aliphatic heterocycles. The first-order valence-electron chi connectivity index (χ1n) is 4.06. The van der Waals surface area contributed by atoms with E-state index in [9.17, 15) is 0 Å². The Morgan fingerprint density at radius 1 is 1.64 bits per heavy atom. The highest BCUT2D eigenvalue weighted by Crippen LogP contribution is 2.21. The van der Waals surface area contributed by atoms with Crippen LogP contribution in [0.4, 0.5) is 0 Å². The quantitative estimate of drug-likeness (QED) is 0.655. The lowest BCUT2D eigenvalue weighted by molar-refractivity contribution is 0.387. The van der Waals surface area contributed by atoms with Gasteiger partial charge in [0.25, 0.3) is 0 Å². The van der Waals surface area contributed by atoms with Crippen LogP contribution in [0.25, 0.3) is 0 Å². The van der Waals surface area contributed by atoms with Crippen molar-refractivity contribution in [3.8, 4) is 0 Å². The first kappa shape index (κ1) is 6.85. The van der Waals surface area contributed by atoms with Crippen molar-refractivity contribution in [3.63, 3.8) is 0 Å². The molecule has 1 fully saturated rings. The normalized spacial score (nSPS) is 25.3. The molecule has 60 valence electrons. The van der Waals surface area contributed by atoms with Crippen LogP contribution in [0.5, 0.6) is 0 Å². The van der Waals surface area contributed by atoms with Crippen molar-refractivity contribution in [1.82, 2.24) is 10.3 Å². The Bertz CT molecular complexity index is 202. The molecular weight excluding hydrogens is 140 g/mol. The van der Waals surface area contributed by atoms with Crippen LogP contribution in [0.2, 0.25) is 0 Å². The number of piperidine rings is 1. The van der Waals surface area contributed by atoms with E-state index in [0.717, 1.165) is 18.8 Å². The van der Waals surface area contributed by atoms with Gasteiger partial charge < -0.3 is 9.73 Å². The summed E-state index contributed by atoms with van der Waals surface area (Å²) in [6, 6.07) is 0. The van der Waals surface area contributed by atoms with Crippen molar-refractivity contribution in [3.05, 3.63) is 18.4 Å². The van der Waals surface area contributed by atoms with Gasteiger partial charge in [-0.15, -0.1) is 0 Å². The molecule has 0 radical (unpaired) electrons. The monoisotopic (exact) mass is 152 g/mol.